The van der Waals surface area contributed by atoms with Gasteiger partial charge in [0.2, 0.25) is 0 Å². The molecule has 3 aliphatic rings. The van der Waals surface area contributed by atoms with Crippen LogP contribution in [0.5, 0.6) is 0 Å². The van der Waals surface area contributed by atoms with Crippen molar-refractivity contribution < 1.29 is 4.74 Å². The molecule has 26 heavy (non-hydrogen) atoms. The molecule has 2 aromatic carbocycles. The maximum Gasteiger partial charge on any atom is 0.0714 e. The molecule has 0 radical (unpaired) electrons. The van der Waals surface area contributed by atoms with Crippen LogP contribution in [-0.4, -0.2) is 37.2 Å². The summed E-state index contributed by atoms with van der Waals surface area (Å²) in [5.41, 5.74) is 6.31. The summed E-state index contributed by atoms with van der Waals surface area (Å²) in [6, 6.07) is 18.2. The molecule has 1 atom stereocenters. The van der Waals surface area contributed by atoms with Crippen molar-refractivity contribution in [3.8, 4) is 0 Å². The SMILES string of the molecule is C=CCN1CCOC(CC23CC(c4ccccc42)c2ccccc23)C1.Cl. The molecule has 2 aromatic rings. The van der Waals surface area contributed by atoms with Crippen LogP contribution in [0.3, 0.4) is 0 Å². The van der Waals surface area contributed by atoms with Gasteiger partial charge in [0.25, 0.3) is 0 Å². The Balaban J connectivity index is 0.00000168. The highest BCUT2D eigenvalue weighted by Crippen LogP contribution is 2.62. The zero-order valence-electron chi connectivity index (χ0n) is 15.1. The van der Waals surface area contributed by atoms with Crippen LogP contribution in [0.15, 0.2) is 61.2 Å². The average Bonchev–Trinajstić information content (AvgIpc) is 3.15. The molecular weight excluding hydrogens is 342 g/mol. The van der Waals surface area contributed by atoms with Crippen molar-refractivity contribution in [3.05, 3.63) is 83.4 Å². The van der Waals surface area contributed by atoms with Crippen LogP contribution in [0.25, 0.3) is 0 Å². The highest BCUT2D eigenvalue weighted by Gasteiger charge is 2.53. The second-order valence-corrected chi connectivity index (χ2v) is 7.76. The Morgan fingerprint density at radius 2 is 1.73 bits per heavy atom. The summed E-state index contributed by atoms with van der Waals surface area (Å²) in [4.78, 5) is 2.47. The predicted molar refractivity (Wildman–Crippen MR) is 108 cm³/mol. The number of nitrogens with zero attached hydrogens (tertiary/aromatic N) is 1. The van der Waals surface area contributed by atoms with Gasteiger partial charge in [0.05, 0.1) is 12.7 Å². The fourth-order valence-electron chi connectivity index (χ4n) is 5.52. The molecular formula is C23H26ClNO. The first-order valence-corrected chi connectivity index (χ1v) is 9.45. The molecule has 2 aliphatic carbocycles. The molecule has 0 saturated carbocycles. The van der Waals surface area contributed by atoms with E-state index in [-0.39, 0.29) is 17.8 Å². The number of benzene rings is 2. The van der Waals surface area contributed by atoms with Gasteiger partial charge in [0.1, 0.15) is 0 Å². The van der Waals surface area contributed by atoms with Crippen LogP contribution in [-0.2, 0) is 10.2 Å². The van der Waals surface area contributed by atoms with Gasteiger partial charge in [-0.2, -0.15) is 0 Å². The first kappa shape index (κ1) is 17.8. The number of halogens is 1. The van der Waals surface area contributed by atoms with Gasteiger partial charge in [-0.1, -0.05) is 54.6 Å². The molecule has 1 aliphatic heterocycles. The highest BCUT2D eigenvalue weighted by atomic mass is 35.5. The van der Waals surface area contributed by atoms with Crippen molar-refractivity contribution in [1.82, 2.24) is 4.90 Å². The zero-order chi connectivity index (χ0) is 16.9. The molecule has 136 valence electrons. The van der Waals surface area contributed by atoms with Gasteiger partial charge in [-0.3, -0.25) is 4.90 Å². The lowest BCUT2D eigenvalue weighted by Gasteiger charge is -2.39. The Morgan fingerprint density at radius 3 is 2.38 bits per heavy atom. The van der Waals surface area contributed by atoms with Crippen molar-refractivity contribution in [3.63, 3.8) is 0 Å². The van der Waals surface area contributed by atoms with E-state index in [0.717, 1.165) is 32.7 Å². The summed E-state index contributed by atoms with van der Waals surface area (Å²) in [6.45, 7) is 7.73. The second kappa shape index (κ2) is 6.84. The van der Waals surface area contributed by atoms with Gasteiger partial charge in [0, 0.05) is 31.0 Å². The van der Waals surface area contributed by atoms with Crippen LogP contribution >= 0.6 is 12.4 Å². The van der Waals surface area contributed by atoms with E-state index < -0.39 is 0 Å². The maximum atomic E-state index is 6.22. The van der Waals surface area contributed by atoms with Crippen molar-refractivity contribution in [2.45, 2.75) is 30.3 Å². The third-order valence-electron chi connectivity index (χ3n) is 6.44. The molecule has 0 aromatic heterocycles. The van der Waals surface area contributed by atoms with Crippen LogP contribution in [0.2, 0.25) is 0 Å². The van der Waals surface area contributed by atoms with E-state index in [4.69, 9.17) is 4.74 Å². The Bertz CT molecular complexity index is 770. The van der Waals surface area contributed by atoms with E-state index in [1.54, 1.807) is 22.3 Å². The lowest BCUT2D eigenvalue weighted by atomic mass is 9.71. The number of ether oxygens (including phenoxy) is 1. The topological polar surface area (TPSA) is 12.5 Å². The smallest absolute Gasteiger partial charge is 0.0714 e. The van der Waals surface area contributed by atoms with Gasteiger partial charge in [-0.15, -0.1) is 19.0 Å². The van der Waals surface area contributed by atoms with Crippen LogP contribution in [0, 0.1) is 0 Å². The zero-order valence-corrected chi connectivity index (χ0v) is 15.9. The third kappa shape index (κ3) is 2.55. The molecule has 1 unspecified atom stereocenters. The molecule has 1 saturated heterocycles. The summed E-state index contributed by atoms with van der Waals surface area (Å²) in [5, 5.41) is 0. The van der Waals surface area contributed by atoms with E-state index in [9.17, 15) is 0 Å². The molecule has 2 nitrogen and oxygen atoms in total. The largest absolute Gasteiger partial charge is 0.376 e. The fourth-order valence-corrected chi connectivity index (χ4v) is 5.52. The van der Waals surface area contributed by atoms with E-state index in [1.165, 1.54) is 6.42 Å². The average molecular weight is 368 g/mol. The van der Waals surface area contributed by atoms with Crippen molar-refractivity contribution >= 4 is 12.4 Å². The van der Waals surface area contributed by atoms with E-state index >= 15 is 0 Å². The summed E-state index contributed by atoms with van der Waals surface area (Å²) < 4.78 is 6.22. The lowest BCUT2D eigenvalue weighted by molar-refractivity contribution is -0.0358. The Kier molecular flexibility index (Phi) is 4.68. The summed E-state index contributed by atoms with van der Waals surface area (Å²) in [6.07, 6.45) is 4.61. The van der Waals surface area contributed by atoms with Gasteiger partial charge in [-0.25, -0.2) is 0 Å². The molecule has 0 N–H and O–H groups in total. The molecule has 2 bridgehead atoms. The summed E-state index contributed by atoms with van der Waals surface area (Å²) in [5.74, 6) is 0.570. The maximum absolute atomic E-state index is 6.22. The van der Waals surface area contributed by atoms with Gasteiger partial charge in [0.15, 0.2) is 0 Å². The minimum Gasteiger partial charge on any atom is -0.376 e. The van der Waals surface area contributed by atoms with Gasteiger partial charge >= 0.3 is 0 Å². The molecule has 0 amide bonds. The molecule has 1 fully saturated rings. The van der Waals surface area contributed by atoms with Crippen LogP contribution < -0.4 is 0 Å². The monoisotopic (exact) mass is 367 g/mol. The standard InChI is InChI=1S/C23H25NO.ClH/c1-2-11-24-12-13-25-17(16-24)14-23-15-20(18-7-3-5-9-21(18)23)19-8-4-6-10-22(19)23;/h2-10,17,20H,1,11-16H2;1H. The van der Waals surface area contributed by atoms with Crippen LogP contribution in [0.1, 0.15) is 41.0 Å². The molecule has 1 heterocycles. The van der Waals surface area contributed by atoms with E-state index in [0.29, 0.717) is 12.0 Å². The minimum atomic E-state index is 0. The lowest BCUT2D eigenvalue weighted by Crippen LogP contribution is -2.45. The minimum absolute atomic E-state index is 0. The quantitative estimate of drug-likeness (QED) is 0.736. The highest BCUT2D eigenvalue weighted by molar-refractivity contribution is 5.85. The number of rotatable bonds is 4. The van der Waals surface area contributed by atoms with Crippen molar-refractivity contribution in [1.29, 1.82) is 0 Å². The Labute approximate surface area is 162 Å². The van der Waals surface area contributed by atoms with E-state index in [2.05, 4.69) is 60.0 Å². The number of hydrogen-bond donors (Lipinski definition) is 0. The molecule has 3 heteroatoms. The number of hydrogen-bond acceptors (Lipinski definition) is 2. The van der Waals surface area contributed by atoms with Crippen LogP contribution in [0.4, 0.5) is 0 Å². The summed E-state index contributed by atoms with van der Waals surface area (Å²) in [7, 11) is 0. The fraction of sp³-hybridized carbons (Fsp3) is 0.391. The summed E-state index contributed by atoms with van der Waals surface area (Å²) >= 11 is 0. The normalized spacial score (nSPS) is 28.9. The predicted octanol–water partition coefficient (Wildman–Crippen LogP) is 4.52. The first-order chi connectivity index (χ1) is 12.3. The number of morpholine rings is 1. The van der Waals surface area contributed by atoms with Crippen molar-refractivity contribution in [2.24, 2.45) is 0 Å². The van der Waals surface area contributed by atoms with Gasteiger partial charge < -0.3 is 4.74 Å². The second-order valence-electron chi connectivity index (χ2n) is 7.76. The third-order valence-corrected chi connectivity index (χ3v) is 6.44. The first-order valence-electron chi connectivity index (χ1n) is 9.45. The van der Waals surface area contributed by atoms with Gasteiger partial charge in [-0.05, 0) is 35.1 Å². The Morgan fingerprint density at radius 1 is 1.08 bits per heavy atom. The number of fused-ring (bicyclic) bond motifs is 8. The van der Waals surface area contributed by atoms with Crippen molar-refractivity contribution in [2.75, 3.05) is 26.2 Å². The van der Waals surface area contributed by atoms with E-state index in [1.807, 2.05) is 6.08 Å². The Hall–Kier alpha value is -1.61. The molecule has 5 rings (SSSR count). The molecule has 0 spiro atoms.